The van der Waals surface area contributed by atoms with Crippen LogP contribution in [-0.2, 0) is 4.99 Å². The number of piperazine rings is 1. The van der Waals surface area contributed by atoms with E-state index in [4.69, 9.17) is 7.85 Å². The first-order chi connectivity index (χ1) is 11.4. The molecule has 2 radical (unpaired) electrons. The van der Waals surface area contributed by atoms with Crippen molar-refractivity contribution in [3.05, 3.63) is 0 Å². The predicted octanol–water partition coefficient (Wildman–Crippen LogP) is -0.951. The molecule has 0 aromatic rings. The second kappa shape index (κ2) is 16.6. The summed E-state index contributed by atoms with van der Waals surface area (Å²) in [7, 11) is 13.5. The van der Waals surface area contributed by atoms with Crippen LogP contribution < -0.4 is 10.2 Å². The highest BCUT2D eigenvalue weighted by Crippen LogP contribution is 2.15. The number of nitrogens with one attached hydrogen (secondary N) is 1. The first-order valence-corrected chi connectivity index (χ1v) is 8.70. The minimum atomic E-state index is 0. The molecule has 0 aromatic heterocycles. The van der Waals surface area contributed by atoms with Gasteiger partial charge in [-0.3, -0.25) is 5.01 Å². The van der Waals surface area contributed by atoms with Crippen molar-refractivity contribution in [3.63, 3.8) is 0 Å². The van der Waals surface area contributed by atoms with Crippen LogP contribution in [0, 0.1) is 5.92 Å². The molecule has 1 N–H and O–H groups in total. The Kier molecular flexibility index (Phi) is 17.5. The summed E-state index contributed by atoms with van der Waals surface area (Å²) in [6.07, 6.45) is 2.94. The molecule has 2 aliphatic heterocycles. The van der Waals surface area contributed by atoms with Gasteiger partial charge in [0.1, 0.15) is 7.85 Å². The van der Waals surface area contributed by atoms with Crippen molar-refractivity contribution >= 4 is 7.85 Å². The lowest BCUT2D eigenvalue weighted by atomic mass is 10.0. The number of quaternary nitrogens is 1. The van der Waals surface area contributed by atoms with E-state index in [-0.39, 0.29) is 7.43 Å². The topological polar surface area (TPSA) is 71.2 Å². The zero-order chi connectivity index (χ0) is 18.4. The Balaban J connectivity index is 0. The zero-order valence-electron chi connectivity index (χ0n) is 16.1. The Labute approximate surface area is 156 Å². The Hall–Kier alpha value is -0.895. The van der Waals surface area contributed by atoms with Crippen molar-refractivity contribution < 1.29 is 15.1 Å². The molecule has 9 heteroatoms. The molecular weight excluding hydrogens is 319 g/mol. The summed E-state index contributed by atoms with van der Waals surface area (Å²) in [5.74, 6) is 0.759. The maximum Gasteiger partial charge on any atom is 0.149 e. The summed E-state index contributed by atoms with van der Waals surface area (Å²) in [5.41, 5.74) is 0. The Bertz CT molecular complexity index is 297. The van der Waals surface area contributed by atoms with Gasteiger partial charge in [-0.25, -0.2) is 0 Å². The van der Waals surface area contributed by atoms with Crippen LogP contribution in [0.3, 0.4) is 0 Å². The van der Waals surface area contributed by atoms with Gasteiger partial charge in [-0.2, -0.15) is 0 Å². The smallest absolute Gasteiger partial charge is 0.149 e. The number of likely N-dealkylation sites (N-methyl/N-ethyl adjacent to an activating group) is 2. The molecule has 0 aromatic carbocycles. The van der Waals surface area contributed by atoms with E-state index in [1.54, 1.807) is 5.01 Å². The molecule has 0 bridgehead atoms. The van der Waals surface area contributed by atoms with Crippen molar-refractivity contribution in [2.24, 2.45) is 16.4 Å². The highest BCUT2D eigenvalue weighted by atomic mass is 17.2. The van der Waals surface area contributed by atoms with E-state index in [0.717, 1.165) is 38.3 Å². The van der Waals surface area contributed by atoms with E-state index in [0.29, 0.717) is 0 Å². The first kappa shape index (κ1) is 26.3. The molecular formula is C16H39BN6O2. The fourth-order valence-corrected chi connectivity index (χ4v) is 2.06. The molecule has 2 heterocycles. The van der Waals surface area contributed by atoms with Crippen LogP contribution in [0.25, 0.3) is 0 Å². The number of piperidine rings is 1. The maximum atomic E-state index is 9.45. The van der Waals surface area contributed by atoms with Gasteiger partial charge in [0, 0.05) is 51.0 Å². The number of nitrogens with zero attached hydrogens (tertiary/aromatic N) is 5. The summed E-state index contributed by atoms with van der Waals surface area (Å²) >= 11 is 0. The fraction of sp³-hybridized carbons (Fsp3) is 1.00. The SMILES string of the molecule is C.CC1CCN(/N=N/O[O-])CC1.CN1CCN(C)CC1.[B]C[NH+](C)C. The molecule has 2 aliphatic rings. The average Bonchev–Trinajstić information content (AvgIpc) is 2.58. The number of hydrogen-bond donors (Lipinski definition) is 1. The van der Waals surface area contributed by atoms with Gasteiger partial charge in [-0.05, 0) is 38.1 Å². The summed E-state index contributed by atoms with van der Waals surface area (Å²) in [5, 5.41) is 17.7. The predicted molar refractivity (Wildman–Crippen MR) is 101 cm³/mol. The van der Waals surface area contributed by atoms with Crippen LogP contribution in [0.1, 0.15) is 27.2 Å². The van der Waals surface area contributed by atoms with E-state index < -0.39 is 0 Å². The first-order valence-electron chi connectivity index (χ1n) is 8.70. The molecule has 0 amide bonds. The van der Waals surface area contributed by atoms with Gasteiger partial charge in [-0.15, -0.1) is 0 Å². The van der Waals surface area contributed by atoms with Crippen LogP contribution in [0.15, 0.2) is 10.5 Å². The van der Waals surface area contributed by atoms with Crippen LogP contribution in [0.5, 0.6) is 0 Å². The van der Waals surface area contributed by atoms with E-state index in [1.165, 1.54) is 31.1 Å². The van der Waals surface area contributed by atoms with Crippen LogP contribution in [-0.4, -0.2) is 96.6 Å². The molecule has 2 saturated heterocycles. The Morgan fingerprint density at radius 2 is 1.44 bits per heavy atom. The van der Waals surface area contributed by atoms with E-state index in [2.05, 4.69) is 46.3 Å². The lowest BCUT2D eigenvalue weighted by Gasteiger charge is -2.28. The molecule has 0 aliphatic carbocycles. The molecule has 0 spiro atoms. The van der Waals surface area contributed by atoms with Gasteiger partial charge >= 0.3 is 0 Å². The van der Waals surface area contributed by atoms with Crippen molar-refractivity contribution in [1.82, 2.24) is 14.8 Å². The minimum absolute atomic E-state index is 0. The lowest BCUT2D eigenvalue weighted by Crippen LogP contribution is -3.05. The summed E-state index contributed by atoms with van der Waals surface area (Å²) in [4.78, 5) is 9.24. The van der Waals surface area contributed by atoms with Crippen molar-refractivity contribution in [1.29, 1.82) is 0 Å². The molecule has 0 atom stereocenters. The van der Waals surface area contributed by atoms with Gasteiger partial charge in [0.25, 0.3) is 0 Å². The second-order valence-corrected chi connectivity index (χ2v) is 6.90. The molecule has 0 saturated carbocycles. The van der Waals surface area contributed by atoms with E-state index >= 15 is 0 Å². The summed E-state index contributed by atoms with van der Waals surface area (Å²) in [6, 6.07) is 0. The fourth-order valence-electron chi connectivity index (χ4n) is 2.06. The van der Waals surface area contributed by atoms with Gasteiger partial charge in [0.05, 0.1) is 14.1 Å². The van der Waals surface area contributed by atoms with Crippen molar-refractivity contribution in [2.75, 3.05) is 73.9 Å². The van der Waals surface area contributed by atoms with Crippen molar-refractivity contribution in [3.8, 4) is 0 Å². The van der Waals surface area contributed by atoms with Gasteiger partial charge < -0.3 is 24.9 Å². The molecule has 2 fully saturated rings. The Morgan fingerprint density at radius 1 is 1.04 bits per heavy atom. The molecule has 148 valence electrons. The van der Waals surface area contributed by atoms with Crippen LogP contribution in [0.4, 0.5) is 0 Å². The third-order valence-corrected chi connectivity index (χ3v) is 4.09. The standard InChI is InChI=1S/C6H13N3O2.C6H14N2.C3H8BN.CH4/c1-6-2-4-9(5-3-6)7-8-11-10;1-7-3-5-8(2)6-4-7;1-5(2)3-4;/h6,10H,2-5H2,1H3;3-6H2,1-2H3;3H2,1-2H3;1H4/b8-7+;;;. The third kappa shape index (κ3) is 16.3. The monoisotopic (exact) mass is 358 g/mol. The molecule has 25 heavy (non-hydrogen) atoms. The van der Waals surface area contributed by atoms with E-state index in [1.807, 2.05) is 14.1 Å². The number of hydrogen-bond acceptors (Lipinski definition) is 6. The molecule has 0 unspecified atom stereocenters. The normalized spacial score (nSPS) is 19.6. The maximum absolute atomic E-state index is 9.45. The Morgan fingerprint density at radius 3 is 1.76 bits per heavy atom. The van der Waals surface area contributed by atoms with E-state index in [9.17, 15) is 5.26 Å². The lowest BCUT2D eigenvalue weighted by molar-refractivity contribution is -0.845. The van der Waals surface area contributed by atoms with Gasteiger partial charge in [-0.1, -0.05) is 14.4 Å². The molecule has 8 nitrogen and oxygen atoms in total. The minimum Gasteiger partial charge on any atom is -0.636 e. The summed E-state index contributed by atoms with van der Waals surface area (Å²) < 4.78 is 0. The van der Waals surface area contributed by atoms with Crippen molar-refractivity contribution in [2.45, 2.75) is 27.2 Å². The number of rotatable bonds is 3. The van der Waals surface area contributed by atoms with Gasteiger partial charge in [0.2, 0.25) is 0 Å². The van der Waals surface area contributed by atoms with Gasteiger partial charge in [0.15, 0.2) is 0 Å². The quantitative estimate of drug-likeness (QED) is 0.305. The van der Waals surface area contributed by atoms with Crippen LogP contribution >= 0.6 is 0 Å². The highest BCUT2D eigenvalue weighted by molar-refractivity contribution is 6.07. The zero-order valence-corrected chi connectivity index (χ0v) is 16.1. The second-order valence-electron chi connectivity index (χ2n) is 6.90. The highest BCUT2D eigenvalue weighted by Gasteiger charge is 2.13. The largest absolute Gasteiger partial charge is 0.636 e. The third-order valence-electron chi connectivity index (χ3n) is 4.09. The van der Waals surface area contributed by atoms with Crippen LogP contribution in [0.2, 0.25) is 0 Å². The summed E-state index contributed by atoms with van der Waals surface area (Å²) in [6.45, 7) is 8.88. The average molecular weight is 358 g/mol. The molecule has 2 rings (SSSR count).